The zero-order chi connectivity index (χ0) is 24.9. The number of nitrogen functional groups attached to an aromatic ring is 1. The van der Waals surface area contributed by atoms with Crippen LogP contribution in [0.15, 0.2) is 55.1 Å². The second-order valence-electron chi connectivity index (χ2n) is 8.00. The van der Waals surface area contributed by atoms with Crippen LogP contribution >= 0.6 is 11.8 Å². The van der Waals surface area contributed by atoms with Crippen molar-refractivity contribution in [2.24, 2.45) is 0 Å². The summed E-state index contributed by atoms with van der Waals surface area (Å²) in [5, 5.41) is 7.08. The predicted octanol–water partition coefficient (Wildman–Crippen LogP) is 4.11. The Morgan fingerprint density at radius 1 is 1.17 bits per heavy atom. The third kappa shape index (κ3) is 5.17. The minimum absolute atomic E-state index is 0.130. The summed E-state index contributed by atoms with van der Waals surface area (Å²) in [6, 6.07) is 10.7. The van der Waals surface area contributed by atoms with Crippen LogP contribution in [0.1, 0.15) is 28.8 Å². The van der Waals surface area contributed by atoms with E-state index in [-0.39, 0.29) is 22.9 Å². The Kier molecular flexibility index (Phi) is 7.40. The molecule has 0 aliphatic rings. The first-order chi connectivity index (χ1) is 16.9. The van der Waals surface area contributed by atoms with Crippen LogP contribution in [0.2, 0.25) is 0 Å². The highest BCUT2D eigenvalue weighted by molar-refractivity contribution is 7.99. The first kappa shape index (κ1) is 24.3. The van der Waals surface area contributed by atoms with Crippen molar-refractivity contribution in [1.29, 1.82) is 0 Å². The van der Waals surface area contributed by atoms with E-state index in [2.05, 4.69) is 49.8 Å². The van der Waals surface area contributed by atoms with Gasteiger partial charge in [-0.3, -0.25) is 9.78 Å². The number of amides is 1. The molecule has 2 unspecified atom stereocenters. The molecule has 4 N–H and O–H groups in total. The predicted molar refractivity (Wildman–Crippen MR) is 139 cm³/mol. The number of halogens is 1. The van der Waals surface area contributed by atoms with Gasteiger partial charge >= 0.3 is 0 Å². The van der Waals surface area contributed by atoms with Gasteiger partial charge in [-0.2, -0.15) is 11.8 Å². The van der Waals surface area contributed by atoms with E-state index in [1.54, 1.807) is 37.1 Å². The van der Waals surface area contributed by atoms with E-state index in [1.807, 2.05) is 12.1 Å². The van der Waals surface area contributed by atoms with Crippen LogP contribution in [0.4, 0.5) is 16.0 Å². The summed E-state index contributed by atoms with van der Waals surface area (Å²) < 4.78 is 13.8. The van der Waals surface area contributed by atoms with Crippen molar-refractivity contribution >= 4 is 40.2 Å². The number of fused-ring (bicyclic) bond motifs is 1. The summed E-state index contributed by atoms with van der Waals surface area (Å²) in [4.78, 5) is 29.3. The van der Waals surface area contributed by atoms with Gasteiger partial charge in [0.2, 0.25) is 0 Å². The van der Waals surface area contributed by atoms with Crippen molar-refractivity contribution in [3.05, 3.63) is 72.1 Å². The monoisotopic (exact) mass is 491 g/mol. The van der Waals surface area contributed by atoms with Gasteiger partial charge in [-0.15, -0.1) is 0 Å². The van der Waals surface area contributed by atoms with Gasteiger partial charge in [0.1, 0.15) is 12.1 Å². The minimum Gasteiger partial charge on any atom is -0.381 e. The molecule has 0 saturated heterocycles. The summed E-state index contributed by atoms with van der Waals surface area (Å²) in [7, 11) is 1.62. The fourth-order valence-corrected chi connectivity index (χ4v) is 4.77. The number of hydrogen-bond donors (Lipinski definition) is 3. The normalized spacial score (nSPS) is 12.8. The maximum Gasteiger partial charge on any atom is 0.251 e. The molecular weight excluding hydrogens is 465 g/mol. The SMILES string of the molecule is CNC(=O)c1ccnc2c(C(C)C(CNc3cc(-c4cnc(N)c(F)c4)ncn3)SC)cccc12. The number of rotatable bonds is 8. The average Bonchev–Trinajstić information content (AvgIpc) is 2.89. The Hall–Kier alpha value is -3.79. The Morgan fingerprint density at radius 3 is 2.74 bits per heavy atom. The molecule has 0 aliphatic carbocycles. The van der Waals surface area contributed by atoms with Crippen molar-refractivity contribution in [3.63, 3.8) is 0 Å². The highest BCUT2D eigenvalue weighted by Gasteiger charge is 2.22. The Bertz CT molecular complexity index is 1370. The average molecular weight is 492 g/mol. The summed E-state index contributed by atoms with van der Waals surface area (Å²) in [5.41, 5.74) is 9.04. The molecule has 35 heavy (non-hydrogen) atoms. The van der Waals surface area contributed by atoms with Crippen molar-refractivity contribution in [1.82, 2.24) is 25.3 Å². The van der Waals surface area contributed by atoms with Gasteiger partial charge in [0, 0.05) is 48.3 Å². The van der Waals surface area contributed by atoms with Crippen LogP contribution < -0.4 is 16.4 Å². The van der Waals surface area contributed by atoms with Gasteiger partial charge < -0.3 is 16.4 Å². The molecule has 10 heteroatoms. The fourth-order valence-electron chi connectivity index (χ4n) is 3.97. The molecule has 0 spiro atoms. The molecule has 0 aliphatic heterocycles. The standard InChI is InChI=1S/C25H26FN7OS/c1-14(16-5-4-6-17-18(25(34)28-2)7-8-29-23(16)17)21(35-3)12-30-22-10-20(32-13-33-22)15-9-19(26)24(27)31-11-15/h4-11,13-14,21H,12H2,1-3H3,(H2,27,31)(H,28,34)(H,30,32,33). The molecule has 0 bridgehead atoms. The molecule has 1 amide bonds. The third-order valence-corrected chi connectivity index (χ3v) is 7.12. The zero-order valence-electron chi connectivity index (χ0n) is 19.6. The number of para-hydroxylation sites is 1. The highest BCUT2D eigenvalue weighted by Crippen LogP contribution is 2.32. The Balaban J connectivity index is 1.55. The van der Waals surface area contributed by atoms with E-state index < -0.39 is 5.82 Å². The van der Waals surface area contributed by atoms with E-state index in [4.69, 9.17) is 5.73 Å². The number of nitrogens with zero attached hydrogens (tertiary/aromatic N) is 4. The van der Waals surface area contributed by atoms with Gasteiger partial charge in [-0.05, 0) is 29.9 Å². The lowest BCUT2D eigenvalue weighted by atomic mass is 9.93. The number of hydrogen-bond acceptors (Lipinski definition) is 8. The number of carbonyl (C=O) groups is 1. The smallest absolute Gasteiger partial charge is 0.251 e. The lowest BCUT2D eigenvalue weighted by molar-refractivity contribution is 0.0964. The third-order valence-electron chi connectivity index (χ3n) is 5.94. The molecule has 4 aromatic rings. The van der Waals surface area contributed by atoms with Gasteiger partial charge in [0.15, 0.2) is 11.6 Å². The molecular formula is C25H26FN7OS. The molecule has 3 aromatic heterocycles. The van der Waals surface area contributed by atoms with Crippen LogP contribution in [-0.4, -0.2) is 50.9 Å². The summed E-state index contributed by atoms with van der Waals surface area (Å²) in [5.74, 6) is -0.124. The van der Waals surface area contributed by atoms with Gasteiger partial charge in [-0.1, -0.05) is 25.1 Å². The van der Waals surface area contributed by atoms with E-state index in [0.717, 1.165) is 16.5 Å². The number of pyridine rings is 2. The summed E-state index contributed by atoms with van der Waals surface area (Å²) in [6.45, 7) is 2.78. The van der Waals surface area contributed by atoms with E-state index in [9.17, 15) is 9.18 Å². The molecule has 2 atom stereocenters. The van der Waals surface area contributed by atoms with Crippen LogP contribution in [0.3, 0.4) is 0 Å². The second-order valence-corrected chi connectivity index (χ2v) is 9.08. The van der Waals surface area contributed by atoms with Gasteiger partial charge in [0.25, 0.3) is 5.91 Å². The van der Waals surface area contributed by atoms with Gasteiger partial charge in [0.05, 0.1) is 16.8 Å². The van der Waals surface area contributed by atoms with Crippen molar-refractivity contribution in [2.75, 3.05) is 30.9 Å². The Morgan fingerprint density at radius 2 is 2.00 bits per heavy atom. The first-order valence-electron chi connectivity index (χ1n) is 11.0. The largest absolute Gasteiger partial charge is 0.381 e. The summed E-state index contributed by atoms with van der Waals surface area (Å²) >= 11 is 1.73. The molecule has 4 rings (SSSR count). The first-order valence-corrected chi connectivity index (χ1v) is 12.3. The lowest BCUT2D eigenvalue weighted by Gasteiger charge is -2.24. The molecule has 1 aromatic carbocycles. The molecule has 0 fully saturated rings. The van der Waals surface area contributed by atoms with Crippen molar-refractivity contribution < 1.29 is 9.18 Å². The summed E-state index contributed by atoms with van der Waals surface area (Å²) in [6.07, 6.45) is 6.65. The molecule has 180 valence electrons. The molecule has 3 heterocycles. The van der Waals surface area contributed by atoms with E-state index in [0.29, 0.717) is 29.2 Å². The van der Waals surface area contributed by atoms with Gasteiger partial charge in [-0.25, -0.2) is 19.3 Å². The maximum absolute atomic E-state index is 13.8. The maximum atomic E-state index is 13.8. The zero-order valence-corrected chi connectivity index (χ0v) is 20.4. The lowest BCUT2D eigenvalue weighted by Crippen LogP contribution is -2.23. The quantitative estimate of drug-likeness (QED) is 0.337. The van der Waals surface area contributed by atoms with Crippen LogP contribution in [0.25, 0.3) is 22.2 Å². The van der Waals surface area contributed by atoms with Crippen LogP contribution in [0.5, 0.6) is 0 Å². The molecule has 8 nitrogen and oxygen atoms in total. The number of thioether (sulfide) groups is 1. The number of nitrogens with one attached hydrogen (secondary N) is 2. The number of aromatic nitrogens is 4. The highest BCUT2D eigenvalue weighted by atomic mass is 32.2. The number of nitrogens with two attached hydrogens (primary N) is 1. The fraction of sp³-hybridized carbons (Fsp3) is 0.240. The van der Waals surface area contributed by atoms with E-state index >= 15 is 0 Å². The number of anilines is 2. The van der Waals surface area contributed by atoms with Crippen LogP contribution in [0, 0.1) is 5.82 Å². The van der Waals surface area contributed by atoms with Crippen molar-refractivity contribution in [2.45, 2.75) is 18.1 Å². The topological polar surface area (TPSA) is 119 Å². The van der Waals surface area contributed by atoms with Crippen LogP contribution in [-0.2, 0) is 0 Å². The van der Waals surface area contributed by atoms with Crippen molar-refractivity contribution in [3.8, 4) is 11.3 Å². The number of carbonyl (C=O) groups excluding carboxylic acids is 1. The Labute approximate surface area is 207 Å². The minimum atomic E-state index is -0.588. The molecule has 0 saturated carbocycles. The number of benzene rings is 1. The second kappa shape index (κ2) is 10.6. The molecule has 0 radical (unpaired) electrons. The van der Waals surface area contributed by atoms with E-state index in [1.165, 1.54) is 18.6 Å².